The van der Waals surface area contributed by atoms with Gasteiger partial charge in [-0.2, -0.15) is 0 Å². The molecular weight excluding hydrogens is 1200 g/mol. The number of phosphoric acid groups is 2. The number of hydrogen-bond acceptors (Lipinski definition) is 15. The number of aliphatic hydroxyl groups is 1. The first-order valence-corrected chi connectivity index (χ1v) is 40.8. The molecule has 0 spiro atoms. The molecule has 19 heteroatoms. The molecule has 0 bridgehead atoms. The maximum atomic E-state index is 13.0. The van der Waals surface area contributed by atoms with Crippen molar-refractivity contribution in [1.29, 1.82) is 0 Å². The van der Waals surface area contributed by atoms with Crippen molar-refractivity contribution in [3.63, 3.8) is 0 Å². The Hall–Kier alpha value is -1.94. The van der Waals surface area contributed by atoms with Crippen molar-refractivity contribution in [3.8, 4) is 0 Å². The van der Waals surface area contributed by atoms with Gasteiger partial charge in [0.1, 0.15) is 19.3 Å². The largest absolute Gasteiger partial charge is 0.472 e. The maximum Gasteiger partial charge on any atom is 0.472 e. The van der Waals surface area contributed by atoms with Crippen LogP contribution in [0, 0.1) is 0 Å². The topological polar surface area (TPSA) is 237 Å². The Morgan fingerprint density at radius 2 is 0.440 bits per heavy atom. The van der Waals surface area contributed by atoms with Gasteiger partial charge in [0.05, 0.1) is 26.4 Å². The lowest BCUT2D eigenvalue weighted by Crippen LogP contribution is -2.30. The standard InChI is InChI=1S/C72H140O17P2/c1-5-9-13-17-21-24-26-28-30-32-34-36-38-40-42-46-49-53-57-70(75)83-63-68(89-72(77)59-55-51-47-43-41-39-37-35-33-31-29-27-25-22-18-14-10-6-2)65-87-91(80,81)85-61-66(73)60-84-90(78,79)86-64-67(62-82-69(74)56-52-48-44-20-16-12-8-4)88-71(76)58-54-50-45-23-19-15-11-7-3/h66-68,73H,5-65H2,1-4H3,(H,78,79)(H,80,81)/t66-,67+,68+/m0/s1. The molecule has 0 fully saturated rings. The summed E-state index contributed by atoms with van der Waals surface area (Å²) in [4.78, 5) is 72.4. The summed E-state index contributed by atoms with van der Waals surface area (Å²) in [5.74, 6) is -2.13. The molecule has 0 aliphatic heterocycles. The Kier molecular flexibility index (Phi) is 65.2. The van der Waals surface area contributed by atoms with E-state index in [-0.39, 0.29) is 25.7 Å². The predicted octanol–water partition coefficient (Wildman–Crippen LogP) is 21.1. The van der Waals surface area contributed by atoms with Crippen LogP contribution < -0.4 is 0 Å². The summed E-state index contributed by atoms with van der Waals surface area (Å²) in [5.41, 5.74) is 0. The maximum absolute atomic E-state index is 13.0. The van der Waals surface area contributed by atoms with Crippen LogP contribution in [-0.4, -0.2) is 96.7 Å². The minimum Gasteiger partial charge on any atom is -0.462 e. The summed E-state index contributed by atoms with van der Waals surface area (Å²) in [6.45, 7) is 4.89. The van der Waals surface area contributed by atoms with E-state index in [0.717, 1.165) is 109 Å². The third kappa shape index (κ3) is 66.5. The van der Waals surface area contributed by atoms with Gasteiger partial charge in [0, 0.05) is 25.7 Å². The fraction of sp³-hybridized carbons (Fsp3) is 0.944. The van der Waals surface area contributed by atoms with Gasteiger partial charge in [-0.25, -0.2) is 9.13 Å². The molecule has 3 N–H and O–H groups in total. The SMILES string of the molecule is CCCCCCCCCCCCCCCCCCCCC(=O)OC[C@H](COP(=O)(O)OC[C@@H](O)COP(=O)(O)OC[C@@H](COC(=O)CCCCCCCCC)OC(=O)CCCCCCCCCC)OC(=O)CCCCCCCCCCCCCCCCCCCC. The number of aliphatic hydroxyl groups excluding tert-OH is 1. The van der Waals surface area contributed by atoms with Crippen molar-refractivity contribution in [2.75, 3.05) is 39.6 Å². The number of carbonyl (C=O) groups excluding carboxylic acids is 4. The lowest BCUT2D eigenvalue weighted by molar-refractivity contribution is -0.161. The number of phosphoric ester groups is 2. The average molecular weight is 1340 g/mol. The number of unbranched alkanes of at least 4 members (excludes halogenated alkanes) is 47. The highest BCUT2D eigenvalue weighted by Crippen LogP contribution is 2.45. The molecule has 91 heavy (non-hydrogen) atoms. The summed E-state index contributed by atoms with van der Waals surface area (Å²) in [6, 6.07) is 0. The number of rotatable bonds is 73. The third-order valence-corrected chi connectivity index (χ3v) is 18.8. The second-order valence-corrected chi connectivity index (χ2v) is 28.9. The van der Waals surface area contributed by atoms with E-state index in [0.29, 0.717) is 25.7 Å². The molecule has 0 aromatic heterocycles. The lowest BCUT2D eigenvalue weighted by Gasteiger charge is -2.21. The van der Waals surface area contributed by atoms with Gasteiger partial charge < -0.3 is 33.8 Å². The normalized spacial score (nSPS) is 14.0. The Labute approximate surface area is 556 Å². The smallest absolute Gasteiger partial charge is 0.462 e. The second-order valence-electron chi connectivity index (χ2n) is 26.0. The van der Waals surface area contributed by atoms with Crippen molar-refractivity contribution in [3.05, 3.63) is 0 Å². The summed E-state index contributed by atoms with van der Waals surface area (Å²) in [6.07, 6.45) is 55.8. The number of ether oxygens (including phenoxy) is 4. The van der Waals surface area contributed by atoms with Crippen LogP contribution in [-0.2, 0) is 65.4 Å². The zero-order chi connectivity index (χ0) is 66.8. The number of carbonyl (C=O) groups is 4. The molecule has 540 valence electrons. The molecule has 17 nitrogen and oxygen atoms in total. The quantitative estimate of drug-likeness (QED) is 0.0222. The van der Waals surface area contributed by atoms with Crippen LogP contribution in [0.25, 0.3) is 0 Å². The molecular formula is C72H140O17P2. The Bertz CT molecular complexity index is 1740. The van der Waals surface area contributed by atoms with Crippen molar-refractivity contribution >= 4 is 39.5 Å². The highest BCUT2D eigenvalue weighted by molar-refractivity contribution is 7.47. The number of hydrogen-bond donors (Lipinski definition) is 3. The first-order valence-electron chi connectivity index (χ1n) is 37.8. The molecule has 0 aromatic carbocycles. The molecule has 0 amide bonds. The zero-order valence-corrected chi connectivity index (χ0v) is 60.6. The van der Waals surface area contributed by atoms with E-state index in [9.17, 15) is 43.2 Å². The highest BCUT2D eigenvalue weighted by Gasteiger charge is 2.30. The van der Waals surface area contributed by atoms with Crippen LogP contribution in [0.2, 0.25) is 0 Å². The molecule has 0 saturated heterocycles. The van der Waals surface area contributed by atoms with Gasteiger partial charge in [0.2, 0.25) is 0 Å². The fourth-order valence-electron chi connectivity index (χ4n) is 11.0. The van der Waals surface area contributed by atoms with E-state index in [1.54, 1.807) is 0 Å². The van der Waals surface area contributed by atoms with Crippen LogP contribution in [0.15, 0.2) is 0 Å². The first kappa shape index (κ1) is 89.1. The lowest BCUT2D eigenvalue weighted by atomic mass is 10.0. The van der Waals surface area contributed by atoms with Gasteiger partial charge in [-0.05, 0) is 25.7 Å². The van der Waals surface area contributed by atoms with Gasteiger partial charge in [-0.15, -0.1) is 0 Å². The summed E-state index contributed by atoms with van der Waals surface area (Å²) in [7, 11) is -9.89. The average Bonchev–Trinajstić information content (AvgIpc) is 3.74. The summed E-state index contributed by atoms with van der Waals surface area (Å²) in [5, 5.41) is 10.6. The van der Waals surface area contributed by atoms with Crippen LogP contribution in [0.1, 0.15) is 381 Å². The van der Waals surface area contributed by atoms with Gasteiger partial charge >= 0.3 is 39.5 Å². The van der Waals surface area contributed by atoms with Crippen molar-refractivity contribution in [2.24, 2.45) is 0 Å². The predicted molar refractivity (Wildman–Crippen MR) is 368 cm³/mol. The van der Waals surface area contributed by atoms with E-state index in [1.165, 1.54) is 193 Å². The molecule has 0 radical (unpaired) electrons. The summed E-state index contributed by atoms with van der Waals surface area (Å²) >= 11 is 0. The molecule has 2 unspecified atom stereocenters. The Morgan fingerprint density at radius 1 is 0.264 bits per heavy atom. The highest BCUT2D eigenvalue weighted by atomic mass is 31.2. The molecule has 5 atom stereocenters. The van der Waals surface area contributed by atoms with E-state index in [2.05, 4.69) is 27.7 Å². The molecule has 0 aliphatic carbocycles. The molecule has 0 aliphatic rings. The minimum absolute atomic E-state index is 0.105. The molecule has 0 saturated carbocycles. The zero-order valence-electron chi connectivity index (χ0n) is 58.8. The molecule has 0 heterocycles. The first-order chi connectivity index (χ1) is 44.2. The van der Waals surface area contributed by atoms with Gasteiger partial charge in [0.25, 0.3) is 0 Å². The van der Waals surface area contributed by atoms with Crippen molar-refractivity contribution in [1.82, 2.24) is 0 Å². The minimum atomic E-state index is -4.95. The van der Waals surface area contributed by atoms with Crippen LogP contribution in [0.3, 0.4) is 0 Å². The monoisotopic (exact) mass is 1340 g/mol. The van der Waals surface area contributed by atoms with Crippen molar-refractivity contribution in [2.45, 2.75) is 399 Å². The van der Waals surface area contributed by atoms with E-state index in [4.69, 9.17) is 37.0 Å². The van der Waals surface area contributed by atoms with Gasteiger partial charge in [-0.3, -0.25) is 37.3 Å². The summed E-state index contributed by atoms with van der Waals surface area (Å²) < 4.78 is 68.2. The second kappa shape index (κ2) is 66.7. The Balaban J connectivity index is 5.14. The third-order valence-electron chi connectivity index (χ3n) is 16.9. The van der Waals surface area contributed by atoms with Gasteiger partial charge in [0.15, 0.2) is 12.2 Å². The molecule has 0 rings (SSSR count). The van der Waals surface area contributed by atoms with E-state index in [1.807, 2.05) is 0 Å². The Morgan fingerprint density at radius 3 is 0.648 bits per heavy atom. The fourth-order valence-corrected chi connectivity index (χ4v) is 12.6. The van der Waals surface area contributed by atoms with Crippen molar-refractivity contribution < 1.29 is 80.2 Å². The van der Waals surface area contributed by atoms with E-state index >= 15 is 0 Å². The molecule has 0 aromatic rings. The van der Waals surface area contributed by atoms with Crippen LogP contribution in [0.4, 0.5) is 0 Å². The van der Waals surface area contributed by atoms with Crippen LogP contribution in [0.5, 0.6) is 0 Å². The van der Waals surface area contributed by atoms with E-state index < -0.39 is 97.5 Å². The van der Waals surface area contributed by atoms with Crippen LogP contribution >= 0.6 is 15.6 Å². The van der Waals surface area contributed by atoms with Gasteiger partial charge in [-0.1, -0.05) is 329 Å². The number of esters is 4.